The van der Waals surface area contributed by atoms with Crippen LogP contribution in [0.4, 0.5) is 5.69 Å². The topological polar surface area (TPSA) is 98.1 Å². The van der Waals surface area contributed by atoms with Crippen molar-refractivity contribution in [1.82, 2.24) is 10.2 Å². The molecule has 0 saturated heterocycles. The number of aromatic nitrogens is 2. The van der Waals surface area contributed by atoms with Gasteiger partial charge < -0.3 is 4.74 Å². The third-order valence-electron chi connectivity index (χ3n) is 2.64. The van der Waals surface area contributed by atoms with Gasteiger partial charge in [-0.3, -0.25) is 15.2 Å². The Morgan fingerprint density at radius 1 is 1.55 bits per heavy atom. The van der Waals surface area contributed by atoms with Gasteiger partial charge in [0, 0.05) is 4.47 Å². The number of carbonyl (C=O) groups is 1. The van der Waals surface area contributed by atoms with Gasteiger partial charge in [0.15, 0.2) is 0 Å². The molecule has 1 N–H and O–H groups in total. The fourth-order valence-electron chi connectivity index (χ4n) is 1.60. The zero-order valence-electron chi connectivity index (χ0n) is 10.4. The number of nitrogens with zero attached hydrogens (tertiary/aromatic N) is 2. The van der Waals surface area contributed by atoms with Crippen LogP contribution in [0.1, 0.15) is 23.0 Å². The van der Waals surface area contributed by atoms with Crippen LogP contribution in [-0.4, -0.2) is 21.1 Å². The molecule has 0 aliphatic heterocycles. The predicted molar refractivity (Wildman–Crippen MR) is 73.7 cm³/mol. The van der Waals surface area contributed by atoms with Gasteiger partial charge in [-0.1, -0.05) is 28.9 Å². The van der Waals surface area contributed by atoms with Crippen molar-refractivity contribution < 1.29 is 14.5 Å². The lowest BCUT2D eigenvalue weighted by atomic mass is 10.2. The minimum atomic E-state index is -0.856. The molecule has 0 bridgehead atoms. The number of halogens is 1. The molecule has 0 spiro atoms. The van der Waals surface area contributed by atoms with Gasteiger partial charge in [0.05, 0.1) is 4.92 Å². The average molecular weight is 340 g/mol. The van der Waals surface area contributed by atoms with E-state index in [1.54, 1.807) is 12.1 Å². The highest BCUT2D eigenvalue weighted by Crippen LogP contribution is 2.25. The summed E-state index contributed by atoms with van der Waals surface area (Å²) in [6.07, 6.45) is 1.80. The summed E-state index contributed by atoms with van der Waals surface area (Å²) in [6.45, 7) is 2.00. The van der Waals surface area contributed by atoms with Crippen molar-refractivity contribution in [2.45, 2.75) is 13.3 Å². The predicted octanol–water partition coefficient (Wildman–Crippen LogP) is 2.86. The van der Waals surface area contributed by atoms with Crippen molar-refractivity contribution in [1.29, 1.82) is 0 Å². The molecule has 0 unspecified atom stereocenters. The Balaban J connectivity index is 2.21. The largest absolute Gasteiger partial charge is 0.422 e. The van der Waals surface area contributed by atoms with Gasteiger partial charge in [-0.2, -0.15) is 5.10 Å². The van der Waals surface area contributed by atoms with E-state index in [2.05, 4.69) is 26.1 Å². The van der Waals surface area contributed by atoms with Crippen molar-refractivity contribution in [3.05, 3.63) is 50.2 Å². The number of aryl methyl sites for hydroxylation is 1. The number of ether oxygens (including phenoxy) is 1. The second-order valence-corrected chi connectivity index (χ2v) is 4.74. The molecule has 8 heteroatoms. The Morgan fingerprint density at radius 2 is 2.30 bits per heavy atom. The minimum absolute atomic E-state index is 0.286. The molecule has 2 aromatic rings. The lowest BCUT2D eigenvalue weighted by Gasteiger charge is -2.06. The zero-order valence-corrected chi connectivity index (χ0v) is 12.0. The third-order valence-corrected chi connectivity index (χ3v) is 3.37. The van der Waals surface area contributed by atoms with E-state index in [4.69, 9.17) is 4.74 Å². The SMILES string of the molecule is CCc1ccc(OC(=O)c2[nH]ncc2[N+](=O)[O-])cc1Br. The summed E-state index contributed by atoms with van der Waals surface area (Å²) < 4.78 is 5.89. The van der Waals surface area contributed by atoms with Gasteiger partial charge in [-0.25, -0.2) is 4.79 Å². The fourth-order valence-corrected chi connectivity index (χ4v) is 2.24. The second-order valence-electron chi connectivity index (χ2n) is 3.88. The standard InChI is InChI=1S/C12H10BrN3O4/c1-2-7-3-4-8(5-9(7)13)20-12(17)11-10(16(18)19)6-14-15-11/h3-6H,2H2,1H3,(H,14,15). The third kappa shape index (κ3) is 2.85. The lowest BCUT2D eigenvalue weighted by molar-refractivity contribution is -0.385. The maximum absolute atomic E-state index is 11.9. The summed E-state index contributed by atoms with van der Waals surface area (Å²) >= 11 is 3.36. The van der Waals surface area contributed by atoms with E-state index in [1.807, 2.05) is 13.0 Å². The van der Waals surface area contributed by atoms with E-state index in [0.717, 1.165) is 22.7 Å². The molecular formula is C12H10BrN3O4. The van der Waals surface area contributed by atoms with Crippen LogP contribution in [0.5, 0.6) is 5.75 Å². The Bertz CT molecular complexity index is 668. The van der Waals surface area contributed by atoms with E-state index >= 15 is 0 Å². The van der Waals surface area contributed by atoms with E-state index in [0.29, 0.717) is 5.75 Å². The first-order valence-corrected chi connectivity index (χ1v) is 6.50. The molecule has 0 radical (unpaired) electrons. The summed E-state index contributed by atoms with van der Waals surface area (Å²) in [6, 6.07) is 5.08. The van der Waals surface area contributed by atoms with Crippen molar-refractivity contribution in [3.63, 3.8) is 0 Å². The number of rotatable bonds is 4. The smallest absolute Gasteiger partial charge is 0.369 e. The van der Waals surface area contributed by atoms with E-state index < -0.39 is 16.6 Å². The van der Waals surface area contributed by atoms with Gasteiger partial charge in [0.2, 0.25) is 5.69 Å². The van der Waals surface area contributed by atoms with Crippen molar-refractivity contribution in [2.75, 3.05) is 0 Å². The highest BCUT2D eigenvalue weighted by atomic mass is 79.9. The van der Waals surface area contributed by atoms with Crippen LogP contribution in [0.2, 0.25) is 0 Å². The molecule has 1 aromatic carbocycles. The quantitative estimate of drug-likeness (QED) is 0.399. The molecule has 2 rings (SSSR count). The summed E-state index contributed by atoms with van der Waals surface area (Å²) in [5.74, 6) is -0.562. The molecule has 7 nitrogen and oxygen atoms in total. The summed E-state index contributed by atoms with van der Waals surface area (Å²) in [5.41, 5.74) is 0.363. The first kappa shape index (κ1) is 14.2. The van der Waals surface area contributed by atoms with Gasteiger partial charge in [-0.15, -0.1) is 0 Å². The number of nitrogens with one attached hydrogen (secondary N) is 1. The van der Waals surface area contributed by atoms with Crippen molar-refractivity contribution in [3.8, 4) is 5.75 Å². The normalized spacial score (nSPS) is 10.3. The number of H-pyrrole nitrogens is 1. The number of aromatic amines is 1. The highest BCUT2D eigenvalue weighted by molar-refractivity contribution is 9.10. The summed E-state index contributed by atoms with van der Waals surface area (Å²) in [7, 11) is 0. The minimum Gasteiger partial charge on any atom is -0.422 e. The highest BCUT2D eigenvalue weighted by Gasteiger charge is 2.24. The van der Waals surface area contributed by atoms with Crippen molar-refractivity contribution in [2.24, 2.45) is 0 Å². The van der Waals surface area contributed by atoms with E-state index in [1.165, 1.54) is 0 Å². The first-order chi connectivity index (χ1) is 9.52. The van der Waals surface area contributed by atoms with Crippen LogP contribution in [-0.2, 0) is 6.42 Å². The van der Waals surface area contributed by atoms with Crippen molar-refractivity contribution >= 4 is 27.6 Å². The van der Waals surface area contributed by atoms with Crippen LogP contribution < -0.4 is 4.74 Å². The molecule has 0 aliphatic rings. The number of hydrogen-bond donors (Lipinski definition) is 1. The van der Waals surface area contributed by atoms with Crippen LogP contribution in [0.15, 0.2) is 28.9 Å². The van der Waals surface area contributed by atoms with E-state index in [-0.39, 0.29) is 5.69 Å². The number of carbonyl (C=O) groups excluding carboxylic acids is 1. The number of nitro groups is 1. The molecule has 0 fully saturated rings. The van der Waals surface area contributed by atoms with Gasteiger partial charge in [0.25, 0.3) is 0 Å². The van der Waals surface area contributed by atoms with Gasteiger partial charge in [0.1, 0.15) is 11.9 Å². The Kier molecular flexibility index (Phi) is 4.14. The maximum atomic E-state index is 11.9. The number of hydrogen-bond acceptors (Lipinski definition) is 5. The fraction of sp³-hybridized carbons (Fsp3) is 0.167. The second kappa shape index (κ2) is 5.83. The maximum Gasteiger partial charge on any atom is 0.369 e. The van der Waals surface area contributed by atoms with Crippen LogP contribution in [0, 0.1) is 10.1 Å². The van der Waals surface area contributed by atoms with E-state index in [9.17, 15) is 14.9 Å². The number of benzene rings is 1. The molecular weight excluding hydrogens is 330 g/mol. The molecule has 1 aromatic heterocycles. The zero-order chi connectivity index (χ0) is 14.7. The molecule has 104 valence electrons. The van der Waals surface area contributed by atoms with Crippen LogP contribution in [0.3, 0.4) is 0 Å². The van der Waals surface area contributed by atoms with Crippen LogP contribution in [0.25, 0.3) is 0 Å². The van der Waals surface area contributed by atoms with Gasteiger partial charge in [-0.05, 0) is 24.1 Å². The number of esters is 1. The summed E-state index contributed by atoms with van der Waals surface area (Å²) in [4.78, 5) is 21.9. The molecule has 0 amide bonds. The molecule has 20 heavy (non-hydrogen) atoms. The molecule has 1 heterocycles. The Morgan fingerprint density at radius 3 is 2.90 bits per heavy atom. The molecule has 0 aliphatic carbocycles. The van der Waals surface area contributed by atoms with Crippen LogP contribution >= 0.6 is 15.9 Å². The lowest BCUT2D eigenvalue weighted by Crippen LogP contribution is -2.11. The first-order valence-electron chi connectivity index (χ1n) is 5.71. The molecule has 0 saturated carbocycles. The Hall–Kier alpha value is -2.22. The monoisotopic (exact) mass is 339 g/mol. The Labute approximate surface area is 122 Å². The molecule has 0 atom stereocenters. The average Bonchev–Trinajstić information content (AvgIpc) is 2.88. The summed E-state index contributed by atoms with van der Waals surface area (Å²) in [5, 5.41) is 16.4. The van der Waals surface area contributed by atoms with Gasteiger partial charge >= 0.3 is 11.7 Å².